The van der Waals surface area contributed by atoms with Crippen LogP contribution in [0.15, 0.2) is 24.3 Å². The SMILES string of the molecule is COCCNCCC(=O)Nc1sc2c(c1-c1nc3ccccc3s1)CCN(C(=O)OC(C)(C)C)C2C. The number of nitrogens with one attached hydrogen (secondary N) is 2. The van der Waals surface area contributed by atoms with E-state index >= 15 is 0 Å². The van der Waals surface area contributed by atoms with Crippen LogP contribution >= 0.6 is 22.7 Å². The highest BCUT2D eigenvalue weighted by Crippen LogP contribution is 2.48. The molecule has 0 bridgehead atoms. The second-order valence-corrected chi connectivity index (χ2v) is 11.9. The van der Waals surface area contributed by atoms with Crippen molar-refractivity contribution in [3.8, 4) is 10.6 Å². The molecule has 0 aliphatic carbocycles. The van der Waals surface area contributed by atoms with Gasteiger partial charge in [-0.1, -0.05) is 12.1 Å². The number of thiophene rings is 1. The topological polar surface area (TPSA) is 92.8 Å². The van der Waals surface area contributed by atoms with Crippen LogP contribution in [0.5, 0.6) is 0 Å². The van der Waals surface area contributed by atoms with Gasteiger partial charge in [-0.25, -0.2) is 9.78 Å². The summed E-state index contributed by atoms with van der Waals surface area (Å²) in [4.78, 5) is 33.5. The number of para-hydroxylation sites is 1. The van der Waals surface area contributed by atoms with E-state index in [-0.39, 0.29) is 18.0 Å². The van der Waals surface area contributed by atoms with E-state index in [1.807, 2.05) is 45.9 Å². The number of nitrogens with zero attached hydrogens (tertiary/aromatic N) is 2. The first kappa shape index (κ1) is 26.5. The Morgan fingerprint density at radius 3 is 2.69 bits per heavy atom. The zero-order chi connectivity index (χ0) is 25.9. The van der Waals surface area contributed by atoms with Gasteiger partial charge in [-0.05, 0) is 51.8 Å². The Balaban J connectivity index is 1.64. The number of amides is 2. The number of carbonyl (C=O) groups is 2. The standard InChI is InChI=1S/C26H34N4O4S2/c1-16-22-17(11-14-30(16)25(32)34-26(2,3)4)21(23-28-18-8-6-7-9-19(18)35-23)24(36-22)29-20(31)10-12-27-13-15-33-5/h6-9,16,27H,10-15H2,1-5H3,(H,29,31). The van der Waals surface area contributed by atoms with Gasteiger partial charge in [-0.2, -0.15) is 0 Å². The molecule has 4 rings (SSSR count). The fraction of sp³-hybridized carbons (Fsp3) is 0.500. The molecule has 1 aliphatic heterocycles. The van der Waals surface area contributed by atoms with Crippen LogP contribution in [0.1, 0.15) is 50.6 Å². The summed E-state index contributed by atoms with van der Waals surface area (Å²) in [6.45, 7) is 10.1. The van der Waals surface area contributed by atoms with Gasteiger partial charge in [0.05, 0.1) is 22.9 Å². The lowest BCUT2D eigenvalue weighted by atomic mass is 9.98. The van der Waals surface area contributed by atoms with Gasteiger partial charge in [-0.3, -0.25) is 4.79 Å². The lowest BCUT2D eigenvalue weighted by Crippen LogP contribution is -2.41. The summed E-state index contributed by atoms with van der Waals surface area (Å²) in [5.74, 6) is -0.0578. The molecule has 2 N–H and O–H groups in total. The van der Waals surface area contributed by atoms with Crippen molar-refractivity contribution in [1.82, 2.24) is 15.2 Å². The average Bonchev–Trinajstić information content (AvgIpc) is 3.39. The maximum atomic E-state index is 12.9. The molecule has 1 aliphatic rings. The summed E-state index contributed by atoms with van der Waals surface area (Å²) < 4.78 is 11.8. The van der Waals surface area contributed by atoms with Crippen molar-refractivity contribution in [2.75, 3.05) is 38.7 Å². The number of methoxy groups -OCH3 is 1. The molecule has 36 heavy (non-hydrogen) atoms. The van der Waals surface area contributed by atoms with Crippen LogP contribution in [0.4, 0.5) is 9.80 Å². The highest BCUT2D eigenvalue weighted by Gasteiger charge is 2.36. The van der Waals surface area contributed by atoms with Crippen LogP contribution in [0.3, 0.4) is 0 Å². The molecule has 2 amide bonds. The van der Waals surface area contributed by atoms with Crippen molar-refractivity contribution >= 4 is 49.9 Å². The number of fused-ring (bicyclic) bond motifs is 2. The Labute approximate surface area is 220 Å². The van der Waals surface area contributed by atoms with E-state index in [0.717, 1.165) is 36.2 Å². The summed E-state index contributed by atoms with van der Waals surface area (Å²) in [5, 5.41) is 8.03. The fourth-order valence-electron chi connectivity index (χ4n) is 4.19. The lowest BCUT2D eigenvalue weighted by molar-refractivity contribution is -0.116. The van der Waals surface area contributed by atoms with Crippen molar-refractivity contribution in [2.24, 2.45) is 0 Å². The molecule has 0 saturated carbocycles. The van der Waals surface area contributed by atoms with Crippen molar-refractivity contribution < 1.29 is 19.1 Å². The second kappa shape index (κ2) is 11.2. The molecule has 1 unspecified atom stereocenters. The smallest absolute Gasteiger partial charge is 0.410 e. The van der Waals surface area contributed by atoms with Crippen molar-refractivity contribution in [3.05, 3.63) is 34.7 Å². The molecule has 3 aromatic rings. The highest BCUT2D eigenvalue weighted by atomic mass is 32.1. The minimum atomic E-state index is -0.560. The largest absolute Gasteiger partial charge is 0.444 e. The van der Waals surface area contributed by atoms with Gasteiger partial charge in [-0.15, -0.1) is 22.7 Å². The van der Waals surface area contributed by atoms with Gasteiger partial charge < -0.3 is 25.0 Å². The lowest BCUT2D eigenvalue weighted by Gasteiger charge is -2.35. The van der Waals surface area contributed by atoms with Gasteiger partial charge >= 0.3 is 6.09 Å². The van der Waals surface area contributed by atoms with E-state index in [1.54, 1.807) is 23.3 Å². The van der Waals surface area contributed by atoms with E-state index in [4.69, 9.17) is 14.5 Å². The molecular formula is C26H34N4O4S2. The van der Waals surface area contributed by atoms with Gasteiger partial charge in [0.25, 0.3) is 0 Å². The quantitative estimate of drug-likeness (QED) is 0.377. The summed E-state index contributed by atoms with van der Waals surface area (Å²) in [5.41, 5.74) is 2.51. The van der Waals surface area contributed by atoms with Gasteiger partial charge in [0.2, 0.25) is 5.91 Å². The van der Waals surface area contributed by atoms with E-state index < -0.39 is 5.60 Å². The van der Waals surface area contributed by atoms with Crippen molar-refractivity contribution in [2.45, 2.75) is 52.2 Å². The third kappa shape index (κ3) is 6.05. The van der Waals surface area contributed by atoms with E-state index in [9.17, 15) is 9.59 Å². The van der Waals surface area contributed by atoms with Crippen LogP contribution in [0.2, 0.25) is 0 Å². The van der Waals surface area contributed by atoms with Gasteiger partial charge in [0, 0.05) is 43.6 Å². The Hall–Kier alpha value is -2.53. The zero-order valence-electron chi connectivity index (χ0n) is 21.5. The van der Waals surface area contributed by atoms with Crippen LogP contribution < -0.4 is 10.6 Å². The van der Waals surface area contributed by atoms with Crippen molar-refractivity contribution in [1.29, 1.82) is 0 Å². The Bertz CT molecular complexity index is 1200. The number of hydrogen-bond acceptors (Lipinski definition) is 8. The van der Waals surface area contributed by atoms with E-state index in [1.165, 1.54) is 11.3 Å². The third-order valence-electron chi connectivity index (χ3n) is 5.89. The normalized spacial score (nSPS) is 15.7. The summed E-state index contributed by atoms with van der Waals surface area (Å²) in [6, 6.07) is 7.89. The number of aromatic nitrogens is 1. The Morgan fingerprint density at radius 1 is 1.19 bits per heavy atom. The van der Waals surface area contributed by atoms with Gasteiger partial charge in [0.15, 0.2) is 0 Å². The molecule has 0 radical (unpaired) electrons. The first-order valence-electron chi connectivity index (χ1n) is 12.2. The van der Waals surface area contributed by atoms with Crippen LogP contribution in [-0.4, -0.2) is 60.8 Å². The first-order chi connectivity index (χ1) is 17.2. The molecule has 0 spiro atoms. The molecule has 2 aromatic heterocycles. The Kier molecular flexibility index (Phi) is 8.29. The monoisotopic (exact) mass is 530 g/mol. The number of hydrogen-bond donors (Lipinski definition) is 2. The predicted molar refractivity (Wildman–Crippen MR) is 146 cm³/mol. The number of ether oxygens (including phenoxy) is 2. The third-order valence-corrected chi connectivity index (χ3v) is 8.26. The van der Waals surface area contributed by atoms with Crippen LogP contribution in [-0.2, 0) is 20.7 Å². The summed E-state index contributed by atoms with van der Waals surface area (Å²) >= 11 is 3.16. The molecular weight excluding hydrogens is 496 g/mol. The molecule has 1 aromatic carbocycles. The number of carbonyl (C=O) groups excluding carboxylic acids is 2. The molecule has 0 saturated heterocycles. The van der Waals surface area contributed by atoms with E-state index in [0.29, 0.717) is 39.1 Å². The number of thiazole rings is 1. The Morgan fingerprint density at radius 2 is 1.97 bits per heavy atom. The summed E-state index contributed by atoms with van der Waals surface area (Å²) in [7, 11) is 1.65. The van der Waals surface area contributed by atoms with E-state index in [2.05, 4.69) is 16.7 Å². The zero-order valence-corrected chi connectivity index (χ0v) is 23.1. The fourth-order valence-corrected chi connectivity index (χ4v) is 6.63. The van der Waals surface area contributed by atoms with Crippen LogP contribution in [0.25, 0.3) is 20.8 Å². The summed E-state index contributed by atoms with van der Waals surface area (Å²) in [6.07, 6.45) is 0.712. The molecule has 10 heteroatoms. The maximum Gasteiger partial charge on any atom is 0.410 e. The maximum absolute atomic E-state index is 12.9. The predicted octanol–water partition coefficient (Wildman–Crippen LogP) is 5.44. The molecule has 8 nitrogen and oxygen atoms in total. The first-order valence-corrected chi connectivity index (χ1v) is 13.8. The second-order valence-electron chi connectivity index (χ2n) is 9.78. The minimum Gasteiger partial charge on any atom is -0.444 e. The number of anilines is 1. The average molecular weight is 531 g/mol. The molecule has 3 heterocycles. The van der Waals surface area contributed by atoms with Gasteiger partial charge in [0.1, 0.15) is 15.6 Å². The number of benzene rings is 1. The highest BCUT2D eigenvalue weighted by molar-refractivity contribution is 7.23. The molecule has 0 fully saturated rings. The number of rotatable bonds is 8. The minimum absolute atomic E-state index is 0.0578. The van der Waals surface area contributed by atoms with Crippen LogP contribution in [0, 0.1) is 0 Å². The molecule has 194 valence electrons. The molecule has 1 atom stereocenters. The van der Waals surface area contributed by atoms with Crippen molar-refractivity contribution in [3.63, 3.8) is 0 Å².